The van der Waals surface area contributed by atoms with E-state index in [1.54, 1.807) is 0 Å². The van der Waals surface area contributed by atoms with Crippen molar-refractivity contribution in [1.82, 2.24) is 4.31 Å². The van der Waals surface area contributed by atoms with Crippen LogP contribution >= 0.6 is 0 Å². The number of hydrogen-bond donors (Lipinski definition) is 0. The highest BCUT2D eigenvalue weighted by molar-refractivity contribution is 7.89. The fraction of sp³-hybridized carbons (Fsp3) is 0.500. The Morgan fingerprint density at radius 1 is 1.45 bits per heavy atom. The summed E-state index contributed by atoms with van der Waals surface area (Å²) in [5, 5.41) is 8.70. The number of halogens is 1. The molecule has 0 heterocycles. The van der Waals surface area contributed by atoms with Crippen LogP contribution in [0.2, 0.25) is 0 Å². The third-order valence-electron chi connectivity index (χ3n) is 3.63. The van der Waals surface area contributed by atoms with Crippen LogP contribution < -0.4 is 0 Å². The molecule has 0 bridgehead atoms. The SMILES string of the molecule is CC(C1CC1)N(CCC#N)S(=O)(=O)c1ccccc1F. The van der Waals surface area contributed by atoms with Gasteiger partial charge in [0.1, 0.15) is 10.7 Å². The second-order valence-electron chi connectivity index (χ2n) is 5.03. The van der Waals surface area contributed by atoms with Crippen LogP contribution in [0.15, 0.2) is 29.2 Å². The topological polar surface area (TPSA) is 61.2 Å². The van der Waals surface area contributed by atoms with E-state index in [1.165, 1.54) is 22.5 Å². The molecule has 20 heavy (non-hydrogen) atoms. The summed E-state index contributed by atoms with van der Waals surface area (Å²) < 4.78 is 40.3. The molecule has 1 fully saturated rings. The molecular weight excluding hydrogens is 279 g/mol. The van der Waals surface area contributed by atoms with Gasteiger partial charge in [-0.1, -0.05) is 12.1 Å². The predicted molar refractivity (Wildman–Crippen MR) is 72.7 cm³/mol. The van der Waals surface area contributed by atoms with Crippen molar-refractivity contribution in [3.63, 3.8) is 0 Å². The molecular formula is C14H17FN2O2S. The average Bonchev–Trinajstić information content (AvgIpc) is 3.23. The van der Waals surface area contributed by atoms with Gasteiger partial charge in [-0.3, -0.25) is 0 Å². The van der Waals surface area contributed by atoms with Crippen molar-refractivity contribution in [2.75, 3.05) is 6.54 Å². The molecule has 108 valence electrons. The first kappa shape index (κ1) is 14.9. The van der Waals surface area contributed by atoms with Crippen molar-refractivity contribution in [3.05, 3.63) is 30.1 Å². The molecule has 1 aliphatic rings. The number of hydrogen-bond acceptors (Lipinski definition) is 3. The maximum absolute atomic E-state index is 13.8. The molecule has 0 radical (unpaired) electrons. The molecule has 0 saturated heterocycles. The van der Waals surface area contributed by atoms with Gasteiger partial charge in [-0.2, -0.15) is 9.57 Å². The van der Waals surface area contributed by atoms with Crippen molar-refractivity contribution in [2.24, 2.45) is 5.92 Å². The first-order chi connectivity index (χ1) is 9.48. The summed E-state index contributed by atoms with van der Waals surface area (Å²) in [6, 6.07) is 7.11. The van der Waals surface area contributed by atoms with Crippen molar-refractivity contribution in [1.29, 1.82) is 5.26 Å². The van der Waals surface area contributed by atoms with Crippen molar-refractivity contribution >= 4 is 10.0 Å². The van der Waals surface area contributed by atoms with Gasteiger partial charge in [0.05, 0.1) is 6.07 Å². The number of rotatable bonds is 6. The highest BCUT2D eigenvalue weighted by Gasteiger charge is 2.38. The lowest BCUT2D eigenvalue weighted by molar-refractivity contribution is 0.313. The Morgan fingerprint density at radius 2 is 2.10 bits per heavy atom. The molecule has 6 heteroatoms. The molecule has 2 rings (SSSR count). The molecule has 0 amide bonds. The van der Waals surface area contributed by atoms with Gasteiger partial charge in [0, 0.05) is 19.0 Å². The van der Waals surface area contributed by atoms with Crippen molar-refractivity contribution in [2.45, 2.75) is 37.1 Å². The molecule has 1 aliphatic carbocycles. The monoisotopic (exact) mass is 296 g/mol. The molecule has 0 aliphatic heterocycles. The minimum Gasteiger partial charge on any atom is -0.207 e. The second kappa shape index (κ2) is 5.90. The van der Waals surface area contributed by atoms with E-state index < -0.39 is 15.8 Å². The zero-order chi connectivity index (χ0) is 14.8. The molecule has 0 spiro atoms. The Bertz CT molecular complexity index is 620. The summed E-state index contributed by atoms with van der Waals surface area (Å²) in [4.78, 5) is -0.314. The van der Waals surface area contributed by atoms with Crippen LogP contribution in [0.1, 0.15) is 26.2 Å². The van der Waals surface area contributed by atoms with Gasteiger partial charge in [-0.05, 0) is 37.8 Å². The Morgan fingerprint density at radius 3 is 2.65 bits per heavy atom. The number of benzene rings is 1. The first-order valence-corrected chi connectivity index (χ1v) is 8.06. The van der Waals surface area contributed by atoms with Gasteiger partial charge >= 0.3 is 0 Å². The Balaban J connectivity index is 2.36. The van der Waals surface area contributed by atoms with E-state index >= 15 is 0 Å². The number of nitriles is 1. The highest BCUT2D eigenvalue weighted by Crippen LogP contribution is 2.37. The smallest absolute Gasteiger partial charge is 0.207 e. The van der Waals surface area contributed by atoms with Crippen LogP contribution in [0.5, 0.6) is 0 Å². The molecule has 1 aromatic carbocycles. The molecule has 0 aromatic heterocycles. The van der Waals surface area contributed by atoms with E-state index in [9.17, 15) is 12.8 Å². The highest BCUT2D eigenvalue weighted by atomic mass is 32.2. The zero-order valence-electron chi connectivity index (χ0n) is 11.3. The summed E-state index contributed by atoms with van der Waals surface area (Å²) in [5.74, 6) is -0.437. The lowest BCUT2D eigenvalue weighted by Gasteiger charge is -2.27. The van der Waals surface area contributed by atoms with E-state index in [4.69, 9.17) is 5.26 Å². The van der Waals surface area contributed by atoms with Crippen LogP contribution in [0.3, 0.4) is 0 Å². The third-order valence-corrected chi connectivity index (χ3v) is 5.65. The molecule has 4 nitrogen and oxygen atoms in total. The summed E-state index contributed by atoms with van der Waals surface area (Å²) in [7, 11) is -3.90. The summed E-state index contributed by atoms with van der Waals surface area (Å²) in [5.41, 5.74) is 0. The van der Waals surface area contributed by atoms with Gasteiger partial charge in [0.2, 0.25) is 10.0 Å². The maximum atomic E-state index is 13.8. The second-order valence-corrected chi connectivity index (χ2v) is 6.89. The van der Waals surface area contributed by atoms with Gasteiger partial charge in [0.15, 0.2) is 0 Å². The van der Waals surface area contributed by atoms with Crippen molar-refractivity contribution in [3.8, 4) is 6.07 Å². The van der Waals surface area contributed by atoms with E-state index in [0.717, 1.165) is 18.9 Å². The minimum atomic E-state index is -3.90. The maximum Gasteiger partial charge on any atom is 0.246 e. The Labute approximate surface area is 118 Å². The minimum absolute atomic E-state index is 0.102. The molecule has 1 unspecified atom stereocenters. The molecule has 0 N–H and O–H groups in total. The van der Waals surface area contributed by atoms with Crippen LogP contribution in [-0.4, -0.2) is 25.3 Å². The third kappa shape index (κ3) is 3.00. The van der Waals surface area contributed by atoms with Gasteiger partial charge < -0.3 is 0 Å². The van der Waals surface area contributed by atoms with Crippen LogP contribution in [0.4, 0.5) is 4.39 Å². The molecule has 1 atom stereocenters. The van der Waals surface area contributed by atoms with E-state index in [-0.39, 0.29) is 23.9 Å². The normalized spacial score (nSPS) is 16.9. The fourth-order valence-corrected chi connectivity index (χ4v) is 4.06. The Kier molecular flexibility index (Phi) is 4.41. The predicted octanol–water partition coefficient (Wildman–Crippen LogP) is 2.53. The average molecular weight is 296 g/mol. The van der Waals surface area contributed by atoms with E-state index in [0.29, 0.717) is 5.92 Å². The van der Waals surface area contributed by atoms with Crippen LogP contribution in [0, 0.1) is 23.1 Å². The quantitative estimate of drug-likeness (QED) is 0.810. The summed E-state index contributed by atoms with van der Waals surface area (Å²) in [6.07, 6.45) is 2.07. The number of nitrogens with zero attached hydrogens (tertiary/aromatic N) is 2. The van der Waals surface area contributed by atoms with Gasteiger partial charge in [-0.15, -0.1) is 0 Å². The summed E-state index contributed by atoms with van der Waals surface area (Å²) >= 11 is 0. The van der Waals surface area contributed by atoms with Crippen LogP contribution in [-0.2, 0) is 10.0 Å². The van der Waals surface area contributed by atoms with Crippen molar-refractivity contribution < 1.29 is 12.8 Å². The van der Waals surface area contributed by atoms with Crippen LogP contribution in [0.25, 0.3) is 0 Å². The fourth-order valence-electron chi connectivity index (χ4n) is 2.30. The molecule has 1 saturated carbocycles. The largest absolute Gasteiger partial charge is 0.246 e. The number of sulfonamides is 1. The lowest BCUT2D eigenvalue weighted by atomic mass is 10.2. The molecule has 1 aromatic rings. The Hall–Kier alpha value is -1.45. The van der Waals surface area contributed by atoms with Gasteiger partial charge in [0.25, 0.3) is 0 Å². The standard InChI is InChI=1S/C14H17FN2O2S/c1-11(12-7-8-12)17(10-4-9-16)20(18,19)14-6-3-2-5-13(14)15/h2-3,5-6,11-12H,4,7-8,10H2,1H3. The lowest BCUT2D eigenvalue weighted by Crippen LogP contribution is -2.40. The first-order valence-electron chi connectivity index (χ1n) is 6.62. The summed E-state index contributed by atoms with van der Waals surface area (Å²) in [6.45, 7) is 1.93. The zero-order valence-corrected chi connectivity index (χ0v) is 12.1. The van der Waals surface area contributed by atoms with E-state index in [1.807, 2.05) is 13.0 Å². The van der Waals surface area contributed by atoms with Gasteiger partial charge in [-0.25, -0.2) is 12.8 Å². The van der Waals surface area contributed by atoms with E-state index in [2.05, 4.69) is 0 Å².